The lowest BCUT2D eigenvalue weighted by Gasteiger charge is -2.37. The van der Waals surface area contributed by atoms with E-state index in [9.17, 15) is 0 Å². The molecule has 1 heteroatoms. The molecular weight excluding hydrogens is 128 g/mol. The first-order valence-corrected chi connectivity index (χ1v) is 4.44. The van der Waals surface area contributed by atoms with E-state index in [1.165, 1.54) is 38.5 Å². The highest BCUT2D eigenvalue weighted by atomic mass is 32.1. The van der Waals surface area contributed by atoms with Gasteiger partial charge in [0.25, 0.3) is 0 Å². The summed E-state index contributed by atoms with van der Waals surface area (Å²) in [4.78, 5) is 0. The lowest BCUT2D eigenvalue weighted by molar-refractivity contribution is 0.337. The van der Waals surface area contributed by atoms with Crippen LogP contribution in [0.4, 0.5) is 0 Å². The minimum absolute atomic E-state index is 0.468. The summed E-state index contributed by atoms with van der Waals surface area (Å²) >= 11 is 4.61. The van der Waals surface area contributed by atoms with Crippen molar-refractivity contribution in [2.75, 3.05) is 0 Å². The maximum absolute atomic E-state index is 4.61. The van der Waals surface area contributed by atoms with Crippen LogP contribution in [0, 0.1) is 0 Å². The molecule has 0 saturated heterocycles. The molecule has 0 heterocycles. The average molecular weight is 144 g/mol. The Labute approximate surface area is 63.4 Å². The van der Waals surface area contributed by atoms with E-state index in [2.05, 4.69) is 19.6 Å². The minimum atomic E-state index is 0.468. The van der Waals surface area contributed by atoms with Gasteiger partial charge in [0.15, 0.2) is 0 Å². The molecule has 0 N–H and O–H groups in total. The summed E-state index contributed by atoms with van der Waals surface area (Å²) < 4.78 is 0.468. The first-order chi connectivity index (χ1) is 4.27. The Morgan fingerprint density at radius 3 is 2.44 bits per heavy atom. The van der Waals surface area contributed by atoms with Gasteiger partial charge in [0.1, 0.15) is 0 Å². The van der Waals surface area contributed by atoms with Gasteiger partial charge in [0, 0.05) is 4.75 Å². The third-order valence-corrected chi connectivity index (χ3v) is 2.95. The molecule has 1 aliphatic rings. The van der Waals surface area contributed by atoms with Crippen LogP contribution in [0.15, 0.2) is 0 Å². The van der Waals surface area contributed by atoms with Crippen molar-refractivity contribution in [1.82, 2.24) is 0 Å². The van der Waals surface area contributed by atoms with Gasteiger partial charge in [-0.1, -0.05) is 26.2 Å². The molecular formula is C8H16S. The highest BCUT2D eigenvalue weighted by Crippen LogP contribution is 2.41. The fraction of sp³-hybridized carbons (Fsp3) is 1.00. The van der Waals surface area contributed by atoms with E-state index >= 15 is 0 Å². The van der Waals surface area contributed by atoms with Crippen LogP contribution < -0.4 is 0 Å². The SMILES string of the molecule is CCCCC1(S)CCC1. The molecule has 1 saturated carbocycles. The lowest BCUT2D eigenvalue weighted by Crippen LogP contribution is -2.30. The predicted molar refractivity (Wildman–Crippen MR) is 45.1 cm³/mol. The van der Waals surface area contributed by atoms with E-state index in [1.54, 1.807) is 0 Å². The smallest absolute Gasteiger partial charge is 0.0130 e. The van der Waals surface area contributed by atoms with Crippen LogP contribution in [0.3, 0.4) is 0 Å². The molecule has 0 amide bonds. The van der Waals surface area contributed by atoms with Gasteiger partial charge < -0.3 is 0 Å². The Morgan fingerprint density at radius 2 is 2.11 bits per heavy atom. The van der Waals surface area contributed by atoms with Crippen LogP contribution in [0.2, 0.25) is 0 Å². The summed E-state index contributed by atoms with van der Waals surface area (Å²) in [6.07, 6.45) is 8.15. The molecule has 0 atom stereocenters. The molecule has 1 rings (SSSR count). The molecule has 0 nitrogen and oxygen atoms in total. The lowest BCUT2D eigenvalue weighted by atomic mass is 9.80. The number of thiol groups is 1. The van der Waals surface area contributed by atoms with Gasteiger partial charge in [0.05, 0.1) is 0 Å². The van der Waals surface area contributed by atoms with Gasteiger partial charge in [-0.15, -0.1) is 0 Å². The molecule has 54 valence electrons. The van der Waals surface area contributed by atoms with Crippen molar-refractivity contribution in [3.8, 4) is 0 Å². The third kappa shape index (κ3) is 1.89. The average Bonchev–Trinajstić information content (AvgIpc) is 1.79. The molecule has 0 unspecified atom stereocenters. The van der Waals surface area contributed by atoms with Crippen LogP contribution >= 0.6 is 12.6 Å². The first-order valence-electron chi connectivity index (χ1n) is 3.99. The number of hydrogen-bond acceptors (Lipinski definition) is 1. The largest absolute Gasteiger partial charge is 0.173 e. The van der Waals surface area contributed by atoms with Crippen LogP contribution in [0.1, 0.15) is 45.4 Å². The van der Waals surface area contributed by atoms with Crippen LogP contribution in [0.25, 0.3) is 0 Å². The Balaban J connectivity index is 2.09. The zero-order valence-corrected chi connectivity index (χ0v) is 7.08. The summed E-state index contributed by atoms with van der Waals surface area (Å²) in [6, 6.07) is 0. The van der Waals surface area contributed by atoms with E-state index in [4.69, 9.17) is 0 Å². The molecule has 0 spiro atoms. The van der Waals surface area contributed by atoms with Gasteiger partial charge in [-0.25, -0.2) is 0 Å². The zero-order chi connectivity index (χ0) is 6.74. The van der Waals surface area contributed by atoms with Crippen molar-refractivity contribution in [3.05, 3.63) is 0 Å². The summed E-state index contributed by atoms with van der Waals surface area (Å²) in [6.45, 7) is 2.25. The summed E-state index contributed by atoms with van der Waals surface area (Å²) in [5, 5.41) is 0. The standard InChI is InChI=1S/C8H16S/c1-2-3-5-8(9)6-4-7-8/h9H,2-7H2,1H3. The Bertz CT molecular complexity index is 84.6. The molecule has 0 aromatic heterocycles. The molecule has 0 bridgehead atoms. The van der Waals surface area contributed by atoms with E-state index in [-0.39, 0.29) is 0 Å². The second-order valence-electron chi connectivity index (χ2n) is 3.18. The monoisotopic (exact) mass is 144 g/mol. The van der Waals surface area contributed by atoms with Crippen molar-refractivity contribution >= 4 is 12.6 Å². The fourth-order valence-corrected chi connectivity index (χ4v) is 1.82. The maximum Gasteiger partial charge on any atom is 0.0130 e. The second-order valence-corrected chi connectivity index (χ2v) is 4.13. The Hall–Kier alpha value is 0.350. The van der Waals surface area contributed by atoms with Gasteiger partial charge in [-0.2, -0.15) is 12.6 Å². The summed E-state index contributed by atoms with van der Waals surface area (Å²) in [5.41, 5.74) is 0. The van der Waals surface area contributed by atoms with Gasteiger partial charge in [-0.3, -0.25) is 0 Å². The van der Waals surface area contributed by atoms with E-state index in [0.717, 1.165) is 0 Å². The molecule has 0 aromatic carbocycles. The highest BCUT2D eigenvalue weighted by Gasteiger charge is 2.31. The van der Waals surface area contributed by atoms with E-state index in [1.807, 2.05) is 0 Å². The molecule has 1 fully saturated rings. The molecule has 0 aliphatic heterocycles. The summed E-state index contributed by atoms with van der Waals surface area (Å²) in [7, 11) is 0. The van der Waals surface area contributed by atoms with Crippen molar-refractivity contribution in [3.63, 3.8) is 0 Å². The van der Waals surface area contributed by atoms with Crippen LogP contribution in [-0.2, 0) is 0 Å². The predicted octanol–water partition coefficient (Wildman–Crippen LogP) is 3.03. The van der Waals surface area contributed by atoms with E-state index < -0.39 is 0 Å². The number of unbranched alkanes of at least 4 members (excludes halogenated alkanes) is 1. The van der Waals surface area contributed by atoms with Crippen molar-refractivity contribution in [2.24, 2.45) is 0 Å². The molecule has 1 aliphatic carbocycles. The zero-order valence-electron chi connectivity index (χ0n) is 6.19. The normalized spacial score (nSPS) is 23.3. The van der Waals surface area contributed by atoms with Crippen molar-refractivity contribution in [1.29, 1.82) is 0 Å². The topological polar surface area (TPSA) is 0 Å². The summed E-state index contributed by atoms with van der Waals surface area (Å²) in [5.74, 6) is 0. The highest BCUT2D eigenvalue weighted by molar-refractivity contribution is 7.81. The first kappa shape index (κ1) is 7.46. The number of hydrogen-bond donors (Lipinski definition) is 1. The third-order valence-electron chi connectivity index (χ3n) is 2.28. The Kier molecular flexibility index (Phi) is 2.45. The second kappa shape index (κ2) is 2.96. The minimum Gasteiger partial charge on any atom is -0.173 e. The fourth-order valence-electron chi connectivity index (χ4n) is 1.34. The Morgan fingerprint density at radius 1 is 1.44 bits per heavy atom. The number of rotatable bonds is 3. The quantitative estimate of drug-likeness (QED) is 0.578. The van der Waals surface area contributed by atoms with Crippen molar-refractivity contribution < 1.29 is 0 Å². The van der Waals surface area contributed by atoms with Crippen molar-refractivity contribution in [2.45, 2.75) is 50.2 Å². The van der Waals surface area contributed by atoms with Gasteiger partial charge in [-0.05, 0) is 19.3 Å². The molecule has 0 radical (unpaired) electrons. The van der Waals surface area contributed by atoms with Gasteiger partial charge in [0.2, 0.25) is 0 Å². The van der Waals surface area contributed by atoms with Crippen LogP contribution in [-0.4, -0.2) is 4.75 Å². The van der Waals surface area contributed by atoms with E-state index in [0.29, 0.717) is 4.75 Å². The molecule has 0 aromatic rings. The van der Waals surface area contributed by atoms with Crippen LogP contribution in [0.5, 0.6) is 0 Å². The van der Waals surface area contributed by atoms with Gasteiger partial charge >= 0.3 is 0 Å². The molecule has 9 heavy (non-hydrogen) atoms. The maximum atomic E-state index is 4.61.